The Morgan fingerprint density at radius 1 is 1.12 bits per heavy atom. The average molecular weight is 447 g/mol. The Hall–Kier alpha value is -3.52. The number of H-pyrrole nitrogens is 1. The van der Waals surface area contributed by atoms with E-state index in [2.05, 4.69) is 44.5 Å². The van der Waals surface area contributed by atoms with E-state index in [-0.39, 0.29) is 11.1 Å². The molecule has 0 aliphatic carbocycles. The number of aromatic nitrogens is 5. The summed E-state index contributed by atoms with van der Waals surface area (Å²) in [5.41, 5.74) is 1.99. The number of rotatable bonds is 7. The van der Waals surface area contributed by atoms with Gasteiger partial charge in [0.15, 0.2) is 5.82 Å². The standard InChI is InChI=1S/C25H30N6O2/c1-6-30(16-17-10-8-7-9-11-17)22(23-27-28-29-31(23)25(2,3)4)20-15-18-14-19(33-5)12-13-21(18)26-24(20)32/h7-15,22H,6,16H2,1-5H3,(H,26,32)/t22-/m0/s1. The summed E-state index contributed by atoms with van der Waals surface area (Å²) >= 11 is 0. The van der Waals surface area contributed by atoms with Crippen LogP contribution >= 0.6 is 0 Å². The van der Waals surface area contributed by atoms with Crippen molar-refractivity contribution in [1.82, 2.24) is 30.1 Å². The summed E-state index contributed by atoms with van der Waals surface area (Å²) in [4.78, 5) is 18.6. The molecule has 0 fully saturated rings. The molecule has 0 spiro atoms. The first kappa shape index (κ1) is 22.7. The van der Waals surface area contributed by atoms with Crippen LogP contribution in [0.2, 0.25) is 0 Å². The first-order valence-electron chi connectivity index (χ1n) is 11.1. The van der Waals surface area contributed by atoms with Crippen LogP contribution in [0.3, 0.4) is 0 Å². The number of nitrogens with one attached hydrogen (secondary N) is 1. The van der Waals surface area contributed by atoms with Crippen molar-refractivity contribution in [2.24, 2.45) is 0 Å². The normalized spacial score (nSPS) is 12.9. The van der Waals surface area contributed by atoms with Crippen molar-refractivity contribution in [1.29, 1.82) is 0 Å². The lowest BCUT2D eigenvalue weighted by Crippen LogP contribution is -2.37. The molecule has 2 heterocycles. The van der Waals surface area contributed by atoms with Crippen LogP contribution in [0.1, 0.15) is 50.7 Å². The molecule has 0 radical (unpaired) electrons. The van der Waals surface area contributed by atoms with Crippen LogP contribution in [0.4, 0.5) is 0 Å². The molecule has 0 aliphatic heterocycles. The van der Waals surface area contributed by atoms with Gasteiger partial charge < -0.3 is 9.72 Å². The Morgan fingerprint density at radius 2 is 1.88 bits per heavy atom. The number of tetrazole rings is 1. The molecule has 172 valence electrons. The summed E-state index contributed by atoms with van der Waals surface area (Å²) in [5, 5.41) is 13.6. The van der Waals surface area contributed by atoms with E-state index in [0.717, 1.165) is 22.2 Å². The highest BCUT2D eigenvalue weighted by Gasteiger charge is 2.32. The summed E-state index contributed by atoms with van der Waals surface area (Å²) in [6.45, 7) is 9.58. The highest BCUT2D eigenvalue weighted by Crippen LogP contribution is 2.31. The van der Waals surface area contributed by atoms with Gasteiger partial charge in [0.1, 0.15) is 11.8 Å². The minimum atomic E-state index is -0.441. The Kier molecular flexibility index (Phi) is 6.29. The van der Waals surface area contributed by atoms with E-state index in [1.54, 1.807) is 11.8 Å². The van der Waals surface area contributed by atoms with Crippen LogP contribution in [0.15, 0.2) is 59.4 Å². The van der Waals surface area contributed by atoms with Gasteiger partial charge in [0.2, 0.25) is 0 Å². The van der Waals surface area contributed by atoms with Crippen LogP contribution in [0.25, 0.3) is 10.9 Å². The highest BCUT2D eigenvalue weighted by atomic mass is 16.5. The van der Waals surface area contributed by atoms with Gasteiger partial charge >= 0.3 is 0 Å². The molecule has 0 amide bonds. The fourth-order valence-electron chi connectivity index (χ4n) is 4.08. The van der Waals surface area contributed by atoms with Crippen molar-refractivity contribution < 1.29 is 4.74 Å². The Balaban J connectivity index is 1.92. The molecule has 8 nitrogen and oxygen atoms in total. The Bertz CT molecular complexity index is 1290. The Labute approximate surface area is 193 Å². The van der Waals surface area contributed by atoms with Crippen molar-refractivity contribution in [2.45, 2.75) is 45.8 Å². The zero-order chi connectivity index (χ0) is 23.6. The lowest BCUT2D eigenvalue weighted by molar-refractivity contribution is 0.202. The van der Waals surface area contributed by atoms with Gasteiger partial charge in [-0.25, -0.2) is 4.68 Å². The number of nitrogens with zero attached hydrogens (tertiary/aromatic N) is 5. The molecular formula is C25H30N6O2. The van der Waals surface area contributed by atoms with Gasteiger partial charge in [0.05, 0.1) is 12.6 Å². The Morgan fingerprint density at radius 3 is 2.55 bits per heavy atom. The van der Waals surface area contributed by atoms with Crippen LogP contribution < -0.4 is 10.3 Å². The predicted octanol–water partition coefficient (Wildman–Crippen LogP) is 3.89. The maximum atomic E-state index is 13.4. The highest BCUT2D eigenvalue weighted by molar-refractivity contribution is 5.80. The average Bonchev–Trinajstić information content (AvgIpc) is 3.29. The van der Waals surface area contributed by atoms with E-state index in [4.69, 9.17) is 4.74 Å². The van der Waals surface area contributed by atoms with Crippen molar-refractivity contribution in [3.63, 3.8) is 0 Å². The van der Waals surface area contributed by atoms with E-state index in [9.17, 15) is 4.79 Å². The van der Waals surface area contributed by atoms with E-state index >= 15 is 0 Å². The maximum absolute atomic E-state index is 13.4. The number of fused-ring (bicyclic) bond motifs is 1. The first-order chi connectivity index (χ1) is 15.8. The number of hydrogen-bond donors (Lipinski definition) is 1. The summed E-state index contributed by atoms with van der Waals surface area (Å²) < 4.78 is 7.20. The molecule has 0 unspecified atom stereocenters. The molecule has 33 heavy (non-hydrogen) atoms. The number of aromatic amines is 1. The van der Waals surface area contributed by atoms with Gasteiger partial charge in [-0.05, 0) is 67.6 Å². The van der Waals surface area contributed by atoms with Gasteiger partial charge in [0, 0.05) is 23.0 Å². The van der Waals surface area contributed by atoms with Crippen LogP contribution in [0, 0.1) is 0 Å². The first-order valence-corrected chi connectivity index (χ1v) is 11.1. The molecule has 2 aromatic carbocycles. The third-order valence-electron chi connectivity index (χ3n) is 5.75. The van der Waals surface area contributed by atoms with Crippen LogP contribution in [-0.4, -0.2) is 43.7 Å². The number of hydrogen-bond acceptors (Lipinski definition) is 6. The van der Waals surface area contributed by atoms with Crippen molar-refractivity contribution >= 4 is 10.9 Å². The number of ether oxygens (including phenoxy) is 1. The van der Waals surface area contributed by atoms with Gasteiger partial charge in [0.25, 0.3) is 5.56 Å². The topological polar surface area (TPSA) is 88.9 Å². The fraction of sp³-hybridized carbons (Fsp3) is 0.360. The molecule has 1 atom stereocenters. The predicted molar refractivity (Wildman–Crippen MR) is 128 cm³/mol. The second-order valence-corrected chi connectivity index (χ2v) is 9.08. The third-order valence-corrected chi connectivity index (χ3v) is 5.75. The zero-order valence-corrected chi connectivity index (χ0v) is 19.7. The molecule has 0 saturated heterocycles. The van der Waals surface area contributed by atoms with Crippen LogP contribution in [-0.2, 0) is 12.1 Å². The molecule has 0 saturated carbocycles. The smallest absolute Gasteiger partial charge is 0.253 e. The van der Waals surface area contributed by atoms with Gasteiger partial charge in [-0.15, -0.1) is 5.10 Å². The second kappa shape index (κ2) is 9.15. The molecule has 1 N–H and O–H groups in total. The molecular weight excluding hydrogens is 416 g/mol. The molecule has 0 bridgehead atoms. The second-order valence-electron chi connectivity index (χ2n) is 9.08. The molecule has 0 aliphatic rings. The number of pyridine rings is 1. The molecule has 4 rings (SSSR count). The van der Waals surface area contributed by atoms with Gasteiger partial charge in [-0.3, -0.25) is 9.69 Å². The lowest BCUT2D eigenvalue weighted by atomic mass is 10.0. The third kappa shape index (κ3) is 4.66. The summed E-state index contributed by atoms with van der Waals surface area (Å²) in [6.07, 6.45) is 0. The SMILES string of the molecule is CCN(Cc1ccccc1)[C@@H](c1cc2cc(OC)ccc2[nH]c1=O)c1nnnn1C(C)(C)C. The molecule has 4 aromatic rings. The summed E-state index contributed by atoms with van der Waals surface area (Å²) in [6, 6.07) is 17.3. The largest absolute Gasteiger partial charge is 0.497 e. The monoisotopic (exact) mass is 446 g/mol. The maximum Gasteiger partial charge on any atom is 0.253 e. The van der Waals surface area contributed by atoms with E-state index in [0.29, 0.717) is 24.5 Å². The van der Waals surface area contributed by atoms with E-state index < -0.39 is 6.04 Å². The van der Waals surface area contributed by atoms with Crippen molar-refractivity contribution in [2.75, 3.05) is 13.7 Å². The molecule has 2 aromatic heterocycles. The van der Waals surface area contributed by atoms with Crippen LogP contribution in [0.5, 0.6) is 5.75 Å². The molecule has 8 heteroatoms. The van der Waals surface area contributed by atoms with Crippen molar-refractivity contribution in [3.8, 4) is 5.75 Å². The zero-order valence-electron chi connectivity index (χ0n) is 19.7. The van der Waals surface area contributed by atoms with E-state index in [1.807, 2.05) is 63.2 Å². The summed E-state index contributed by atoms with van der Waals surface area (Å²) in [5.74, 6) is 1.36. The quantitative estimate of drug-likeness (QED) is 0.463. The number of benzene rings is 2. The minimum Gasteiger partial charge on any atom is -0.497 e. The number of methoxy groups -OCH3 is 1. The lowest BCUT2D eigenvalue weighted by Gasteiger charge is -2.32. The van der Waals surface area contributed by atoms with E-state index in [1.165, 1.54) is 0 Å². The minimum absolute atomic E-state index is 0.160. The van der Waals surface area contributed by atoms with Crippen molar-refractivity contribution in [3.05, 3.63) is 81.9 Å². The summed E-state index contributed by atoms with van der Waals surface area (Å²) in [7, 11) is 1.63. The fourth-order valence-corrected chi connectivity index (χ4v) is 4.08. The van der Waals surface area contributed by atoms with Gasteiger partial charge in [-0.2, -0.15) is 0 Å². The van der Waals surface area contributed by atoms with Gasteiger partial charge in [-0.1, -0.05) is 37.3 Å².